The van der Waals surface area contributed by atoms with Gasteiger partial charge < -0.3 is 14.4 Å². The number of carbonyl (C=O) groups is 1. The van der Waals surface area contributed by atoms with Crippen LogP contribution < -0.4 is 4.74 Å². The lowest BCUT2D eigenvalue weighted by Gasteiger charge is -2.27. The molecular formula is C18H28N2O5S. The Hall–Kier alpha value is -1.83. The molecule has 1 aromatic rings. The van der Waals surface area contributed by atoms with Crippen LogP contribution in [0.3, 0.4) is 0 Å². The molecule has 0 aromatic carbocycles. The topological polar surface area (TPSA) is 85.8 Å². The van der Waals surface area contributed by atoms with E-state index in [9.17, 15) is 13.2 Å². The predicted molar refractivity (Wildman–Crippen MR) is 98.1 cm³/mol. The number of aromatic nitrogens is 1. The third-order valence-electron chi connectivity index (χ3n) is 4.13. The molecule has 1 fully saturated rings. The summed E-state index contributed by atoms with van der Waals surface area (Å²) < 4.78 is 34.5. The van der Waals surface area contributed by atoms with Crippen molar-refractivity contribution in [3.05, 3.63) is 17.8 Å². The number of rotatable bonds is 4. The fourth-order valence-corrected chi connectivity index (χ4v) is 3.94. The number of nitrogens with zero attached hydrogens (tertiary/aromatic N) is 2. The van der Waals surface area contributed by atoms with Crippen molar-refractivity contribution in [2.75, 3.05) is 19.4 Å². The highest BCUT2D eigenvalue weighted by Crippen LogP contribution is 2.26. The molecule has 2 heterocycles. The molecule has 1 aliphatic heterocycles. The van der Waals surface area contributed by atoms with E-state index in [1.54, 1.807) is 17.9 Å². The fourth-order valence-electron chi connectivity index (χ4n) is 3.06. The molecule has 146 valence electrons. The number of sulfone groups is 1. The lowest BCUT2D eigenvalue weighted by molar-refractivity contribution is 0.0231. The van der Waals surface area contributed by atoms with Crippen LogP contribution in [-0.2, 0) is 14.6 Å². The van der Waals surface area contributed by atoms with E-state index >= 15 is 0 Å². The second kappa shape index (κ2) is 7.42. The minimum absolute atomic E-state index is 0.0652. The van der Waals surface area contributed by atoms with Crippen LogP contribution in [-0.4, -0.2) is 55.4 Å². The predicted octanol–water partition coefficient (Wildman–Crippen LogP) is 2.82. The van der Waals surface area contributed by atoms with Gasteiger partial charge in [-0.05, 0) is 52.7 Å². The van der Waals surface area contributed by atoms with Crippen molar-refractivity contribution in [1.29, 1.82) is 0 Å². The third kappa shape index (κ3) is 5.33. The molecule has 0 aliphatic carbocycles. The molecule has 0 spiro atoms. The lowest BCUT2D eigenvalue weighted by atomic mass is 10.1. The van der Waals surface area contributed by atoms with Gasteiger partial charge in [0.25, 0.3) is 0 Å². The van der Waals surface area contributed by atoms with E-state index in [2.05, 4.69) is 4.98 Å². The number of hydrogen-bond donors (Lipinski definition) is 0. The zero-order valence-electron chi connectivity index (χ0n) is 16.3. The van der Waals surface area contributed by atoms with Crippen LogP contribution >= 0.6 is 0 Å². The van der Waals surface area contributed by atoms with E-state index in [0.29, 0.717) is 24.5 Å². The van der Waals surface area contributed by atoms with Crippen LogP contribution in [0.1, 0.15) is 39.7 Å². The Bertz CT molecular complexity index is 770. The molecule has 1 saturated heterocycles. The van der Waals surface area contributed by atoms with E-state index in [0.717, 1.165) is 12.7 Å². The highest BCUT2D eigenvalue weighted by Gasteiger charge is 2.35. The molecule has 2 atom stereocenters. The zero-order valence-corrected chi connectivity index (χ0v) is 17.1. The number of aryl methyl sites for hydroxylation is 1. The molecule has 0 saturated carbocycles. The van der Waals surface area contributed by atoms with Gasteiger partial charge in [-0.15, -0.1) is 0 Å². The Kier molecular flexibility index (Phi) is 5.85. The summed E-state index contributed by atoms with van der Waals surface area (Å²) in [5.41, 5.74) is 0.0378. The number of carbonyl (C=O) groups excluding carboxylic acids is 1. The summed E-state index contributed by atoms with van der Waals surface area (Å²) in [7, 11) is -3.34. The molecule has 7 nitrogen and oxygen atoms in total. The van der Waals surface area contributed by atoms with Gasteiger partial charge in [-0.3, -0.25) is 0 Å². The maximum atomic E-state index is 12.3. The highest BCUT2D eigenvalue weighted by atomic mass is 32.2. The van der Waals surface area contributed by atoms with Crippen LogP contribution in [0.15, 0.2) is 17.3 Å². The number of ether oxygens (including phenoxy) is 2. The monoisotopic (exact) mass is 384 g/mol. The molecule has 1 amide bonds. The first-order chi connectivity index (χ1) is 11.9. The van der Waals surface area contributed by atoms with Gasteiger partial charge in [-0.2, -0.15) is 0 Å². The average molecular weight is 384 g/mol. The highest BCUT2D eigenvalue weighted by molar-refractivity contribution is 7.90. The number of amides is 1. The minimum Gasteiger partial charge on any atom is -0.492 e. The van der Waals surface area contributed by atoms with Crippen LogP contribution in [0, 0.1) is 12.8 Å². The summed E-state index contributed by atoms with van der Waals surface area (Å²) in [5.74, 6) is 0.714. The van der Waals surface area contributed by atoms with E-state index in [1.165, 1.54) is 6.20 Å². The van der Waals surface area contributed by atoms with Crippen molar-refractivity contribution < 1.29 is 22.7 Å². The van der Waals surface area contributed by atoms with Crippen molar-refractivity contribution in [3.8, 4) is 5.75 Å². The van der Waals surface area contributed by atoms with Crippen LogP contribution in [0.4, 0.5) is 4.79 Å². The van der Waals surface area contributed by atoms with Gasteiger partial charge in [-0.25, -0.2) is 18.2 Å². The summed E-state index contributed by atoms with van der Waals surface area (Å²) in [6.45, 7) is 10.2. The van der Waals surface area contributed by atoms with Crippen LogP contribution in [0.25, 0.3) is 0 Å². The van der Waals surface area contributed by atoms with Crippen molar-refractivity contribution in [2.45, 2.75) is 57.7 Å². The number of likely N-dealkylation sites (tertiary alicyclic amines) is 1. The second-order valence-electron chi connectivity index (χ2n) is 7.96. The summed E-state index contributed by atoms with van der Waals surface area (Å²) in [4.78, 5) is 18.0. The summed E-state index contributed by atoms with van der Waals surface area (Å²) in [6.07, 6.45) is 3.08. The Morgan fingerprint density at radius 3 is 2.58 bits per heavy atom. The molecular weight excluding hydrogens is 356 g/mol. The Labute approximate surface area is 155 Å². The van der Waals surface area contributed by atoms with Crippen molar-refractivity contribution in [2.24, 2.45) is 5.92 Å². The first-order valence-electron chi connectivity index (χ1n) is 8.66. The molecule has 8 heteroatoms. The first-order valence-corrected chi connectivity index (χ1v) is 10.5. The SMILES string of the molecule is Cc1cc(OC[C@H]2C[C@@H](C)N(C(=O)OC(C)(C)C)C2)cnc1S(C)(=O)=O. The molecule has 0 radical (unpaired) electrons. The summed E-state index contributed by atoms with van der Waals surface area (Å²) in [6, 6.07) is 1.76. The standard InChI is InChI=1S/C18H28N2O5S/c1-12-7-15(9-19-16(12)26(6,22)23)24-11-14-8-13(2)20(10-14)17(21)25-18(3,4)5/h7,9,13-14H,8,10-11H2,1-6H3/t13-,14+/m1/s1. The third-order valence-corrected chi connectivity index (χ3v) is 5.26. The number of hydrogen-bond acceptors (Lipinski definition) is 6. The van der Waals surface area contributed by atoms with Gasteiger partial charge in [0, 0.05) is 24.8 Å². The fraction of sp³-hybridized carbons (Fsp3) is 0.667. The normalized spacial score (nSPS) is 20.9. The Balaban J connectivity index is 1.95. The van der Waals surface area contributed by atoms with Crippen LogP contribution in [0.2, 0.25) is 0 Å². The van der Waals surface area contributed by atoms with Crippen molar-refractivity contribution >= 4 is 15.9 Å². The molecule has 1 aromatic heterocycles. The maximum Gasteiger partial charge on any atom is 0.410 e. The second-order valence-corrected chi connectivity index (χ2v) is 9.89. The molecule has 26 heavy (non-hydrogen) atoms. The van der Waals surface area contributed by atoms with E-state index in [1.807, 2.05) is 27.7 Å². The largest absolute Gasteiger partial charge is 0.492 e. The van der Waals surface area contributed by atoms with Gasteiger partial charge in [-0.1, -0.05) is 0 Å². The molecule has 0 unspecified atom stereocenters. The molecule has 0 bridgehead atoms. The van der Waals surface area contributed by atoms with Crippen molar-refractivity contribution in [3.63, 3.8) is 0 Å². The maximum absolute atomic E-state index is 12.3. The van der Waals surface area contributed by atoms with E-state index in [-0.39, 0.29) is 23.1 Å². The van der Waals surface area contributed by atoms with E-state index in [4.69, 9.17) is 9.47 Å². The summed E-state index contributed by atoms with van der Waals surface area (Å²) in [5, 5.41) is 0.0652. The quantitative estimate of drug-likeness (QED) is 0.793. The van der Waals surface area contributed by atoms with E-state index < -0.39 is 15.4 Å². The van der Waals surface area contributed by atoms with Gasteiger partial charge in [0.15, 0.2) is 14.9 Å². The van der Waals surface area contributed by atoms with Crippen LogP contribution in [0.5, 0.6) is 5.75 Å². The minimum atomic E-state index is -3.34. The lowest BCUT2D eigenvalue weighted by Crippen LogP contribution is -2.39. The molecule has 2 rings (SSSR count). The Morgan fingerprint density at radius 2 is 2.04 bits per heavy atom. The smallest absolute Gasteiger partial charge is 0.410 e. The Morgan fingerprint density at radius 1 is 1.38 bits per heavy atom. The molecule has 0 N–H and O–H groups in total. The van der Waals surface area contributed by atoms with Gasteiger partial charge in [0.1, 0.15) is 11.4 Å². The number of pyridine rings is 1. The molecule has 1 aliphatic rings. The zero-order chi connectivity index (χ0) is 19.7. The van der Waals surface area contributed by atoms with Gasteiger partial charge in [0.05, 0.1) is 12.8 Å². The average Bonchev–Trinajstić information content (AvgIpc) is 2.83. The summed E-state index contributed by atoms with van der Waals surface area (Å²) >= 11 is 0. The van der Waals surface area contributed by atoms with Gasteiger partial charge in [0.2, 0.25) is 0 Å². The van der Waals surface area contributed by atoms with Crippen molar-refractivity contribution in [1.82, 2.24) is 9.88 Å². The van der Waals surface area contributed by atoms with Gasteiger partial charge >= 0.3 is 6.09 Å². The first kappa shape index (κ1) is 20.5.